The van der Waals surface area contributed by atoms with Crippen molar-refractivity contribution in [3.63, 3.8) is 0 Å². The van der Waals surface area contributed by atoms with Gasteiger partial charge in [0.1, 0.15) is 6.54 Å². The highest BCUT2D eigenvalue weighted by atomic mass is 32.1. The smallest absolute Gasteiger partial charge is 0.240 e. The number of aromatic amines is 1. The van der Waals surface area contributed by atoms with Crippen molar-refractivity contribution in [3.05, 3.63) is 34.6 Å². The number of rotatable bonds is 5. The maximum absolute atomic E-state index is 12.0. The van der Waals surface area contributed by atoms with Gasteiger partial charge < -0.3 is 5.32 Å². The van der Waals surface area contributed by atoms with Crippen LogP contribution in [-0.2, 0) is 11.3 Å². The van der Waals surface area contributed by atoms with Crippen LogP contribution >= 0.6 is 12.2 Å². The van der Waals surface area contributed by atoms with Crippen molar-refractivity contribution in [1.29, 1.82) is 0 Å². The summed E-state index contributed by atoms with van der Waals surface area (Å²) in [6, 6.07) is 7.97. The maximum atomic E-state index is 12.0. The molecule has 1 amide bonds. The second-order valence-electron chi connectivity index (χ2n) is 5.50. The number of nitrogens with zero attached hydrogens (tertiary/aromatic N) is 2. The van der Waals surface area contributed by atoms with E-state index in [1.165, 1.54) is 5.56 Å². The monoisotopic (exact) mass is 304 g/mol. The summed E-state index contributed by atoms with van der Waals surface area (Å²) in [5.74, 6) is 1.04. The number of carbonyl (C=O) groups is 1. The number of amides is 1. The average Bonchev–Trinajstić information content (AvgIpc) is 2.79. The number of aromatic nitrogens is 3. The highest BCUT2D eigenvalue weighted by Crippen LogP contribution is 2.17. The molecule has 1 heterocycles. The van der Waals surface area contributed by atoms with Crippen molar-refractivity contribution in [2.24, 2.45) is 5.92 Å². The van der Waals surface area contributed by atoms with E-state index in [0.717, 1.165) is 5.56 Å². The minimum atomic E-state index is -0.0606. The fourth-order valence-electron chi connectivity index (χ4n) is 1.90. The lowest BCUT2D eigenvalue weighted by Crippen LogP contribution is -2.30. The summed E-state index contributed by atoms with van der Waals surface area (Å²) in [7, 11) is 0. The maximum Gasteiger partial charge on any atom is 0.240 e. The normalized spacial score (nSPS) is 10.9. The van der Waals surface area contributed by atoms with E-state index in [9.17, 15) is 4.79 Å². The number of H-pyrrole nitrogens is 1. The van der Waals surface area contributed by atoms with Crippen LogP contribution in [0.5, 0.6) is 0 Å². The number of carbonyl (C=O) groups excluding carboxylic acids is 1. The van der Waals surface area contributed by atoms with Gasteiger partial charge in [0, 0.05) is 12.1 Å². The van der Waals surface area contributed by atoms with Gasteiger partial charge in [-0.05, 0) is 25.1 Å². The molecule has 0 aliphatic rings. The van der Waals surface area contributed by atoms with Gasteiger partial charge >= 0.3 is 0 Å². The van der Waals surface area contributed by atoms with Crippen LogP contribution in [0.1, 0.15) is 19.4 Å². The molecule has 0 spiro atoms. The van der Waals surface area contributed by atoms with Crippen molar-refractivity contribution in [1.82, 2.24) is 20.1 Å². The molecule has 112 valence electrons. The van der Waals surface area contributed by atoms with E-state index in [-0.39, 0.29) is 12.5 Å². The number of hydrogen-bond acceptors (Lipinski definition) is 3. The first kappa shape index (κ1) is 15.4. The fraction of sp³-hybridized carbons (Fsp3) is 0.400. The molecule has 2 aromatic rings. The summed E-state index contributed by atoms with van der Waals surface area (Å²) < 4.78 is 2.17. The summed E-state index contributed by atoms with van der Waals surface area (Å²) >= 11 is 5.22. The third-order valence-electron chi connectivity index (χ3n) is 3.08. The Balaban J connectivity index is 2.20. The van der Waals surface area contributed by atoms with E-state index in [1.807, 2.05) is 31.2 Å². The lowest BCUT2D eigenvalue weighted by Gasteiger charge is -2.10. The van der Waals surface area contributed by atoms with Crippen LogP contribution in [0.25, 0.3) is 11.4 Å². The summed E-state index contributed by atoms with van der Waals surface area (Å²) in [4.78, 5) is 12.0. The SMILES string of the molecule is Cc1ccc(-c2n[nH]c(=S)n2CC(=O)NCC(C)C)cc1. The highest BCUT2D eigenvalue weighted by Gasteiger charge is 2.12. The Hall–Kier alpha value is -1.95. The summed E-state index contributed by atoms with van der Waals surface area (Å²) in [6.45, 7) is 6.97. The van der Waals surface area contributed by atoms with E-state index in [0.29, 0.717) is 23.1 Å². The van der Waals surface area contributed by atoms with Crippen LogP contribution in [-0.4, -0.2) is 27.2 Å². The van der Waals surface area contributed by atoms with Gasteiger partial charge in [0.05, 0.1) is 0 Å². The van der Waals surface area contributed by atoms with E-state index in [4.69, 9.17) is 12.2 Å². The van der Waals surface area contributed by atoms with Gasteiger partial charge in [0.15, 0.2) is 10.6 Å². The Morgan fingerprint density at radius 1 is 1.38 bits per heavy atom. The Morgan fingerprint density at radius 3 is 2.67 bits per heavy atom. The third kappa shape index (κ3) is 4.01. The van der Waals surface area contributed by atoms with Crippen molar-refractivity contribution in [2.75, 3.05) is 6.54 Å². The van der Waals surface area contributed by atoms with Gasteiger partial charge in [-0.2, -0.15) is 5.10 Å². The predicted octanol–water partition coefficient (Wildman–Crippen LogP) is 2.69. The molecule has 0 aliphatic heterocycles. The van der Waals surface area contributed by atoms with E-state index in [2.05, 4.69) is 29.4 Å². The Labute approximate surface area is 129 Å². The van der Waals surface area contributed by atoms with Crippen molar-refractivity contribution in [2.45, 2.75) is 27.3 Å². The summed E-state index contributed by atoms with van der Waals surface area (Å²) in [6.07, 6.45) is 0. The molecule has 0 aliphatic carbocycles. The molecule has 0 radical (unpaired) electrons. The lowest BCUT2D eigenvalue weighted by molar-refractivity contribution is -0.121. The van der Waals surface area contributed by atoms with Crippen LogP contribution in [0.2, 0.25) is 0 Å². The molecule has 0 unspecified atom stereocenters. The lowest BCUT2D eigenvalue weighted by atomic mass is 10.1. The largest absolute Gasteiger partial charge is 0.354 e. The number of benzene rings is 1. The molecule has 6 heteroatoms. The minimum Gasteiger partial charge on any atom is -0.354 e. The molecule has 1 aromatic carbocycles. The Kier molecular flexibility index (Phi) is 4.90. The van der Waals surface area contributed by atoms with E-state index >= 15 is 0 Å². The van der Waals surface area contributed by atoms with Crippen LogP contribution < -0.4 is 5.32 Å². The number of nitrogens with one attached hydrogen (secondary N) is 2. The van der Waals surface area contributed by atoms with Gasteiger partial charge in [0.2, 0.25) is 5.91 Å². The fourth-order valence-corrected chi connectivity index (χ4v) is 2.10. The molecule has 0 saturated heterocycles. The zero-order valence-corrected chi connectivity index (χ0v) is 13.3. The predicted molar refractivity (Wildman–Crippen MR) is 85.4 cm³/mol. The second kappa shape index (κ2) is 6.67. The quantitative estimate of drug-likeness (QED) is 0.835. The van der Waals surface area contributed by atoms with Gasteiger partial charge in [-0.1, -0.05) is 43.7 Å². The van der Waals surface area contributed by atoms with Crippen LogP contribution in [0.3, 0.4) is 0 Å². The third-order valence-corrected chi connectivity index (χ3v) is 3.39. The Bertz CT molecular complexity index is 670. The molecular formula is C15H20N4OS. The Morgan fingerprint density at radius 2 is 2.05 bits per heavy atom. The van der Waals surface area contributed by atoms with Gasteiger partial charge in [-0.25, -0.2) is 0 Å². The molecule has 2 N–H and O–H groups in total. The molecule has 21 heavy (non-hydrogen) atoms. The number of hydrogen-bond donors (Lipinski definition) is 2. The molecular weight excluding hydrogens is 284 g/mol. The molecule has 0 saturated carbocycles. The van der Waals surface area contributed by atoms with Crippen LogP contribution in [0, 0.1) is 17.6 Å². The first-order valence-electron chi connectivity index (χ1n) is 6.96. The first-order chi connectivity index (χ1) is 9.97. The second-order valence-corrected chi connectivity index (χ2v) is 5.89. The summed E-state index contributed by atoms with van der Waals surface area (Å²) in [5.41, 5.74) is 2.11. The van der Waals surface area contributed by atoms with Crippen molar-refractivity contribution >= 4 is 18.1 Å². The molecule has 5 nitrogen and oxygen atoms in total. The standard InChI is InChI=1S/C15H20N4OS/c1-10(2)8-16-13(20)9-19-14(17-18-15(19)21)12-6-4-11(3)5-7-12/h4-7,10H,8-9H2,1-3H3,(H,16,20)(H,18,21). The van der Waals surface area contributed by atoms with Crippen molar-refractivity contribution in [3.8, 4) is 11.4 Å². The first-order valence-corrected chi connectivity index (χ1v) is 7.37. The molecule has 1 aromatic heterocycles. The zero-order valence-electron chi connectivity index (χ0n) is 12.5. The van der Waals surface area contributed by atoms with Gasteiger partial charge in [-0.15, -0.1) is 0 Å². The summed E-state index contributed by atoms with van der Waals surface area (Å²) in [5, 5.41) is 9.87. The van der Waals surface area contributed by atoms with E-state index in [1.54, 1.807) is 4.57 Å². The minimum absolute atomic E-state index is 0.0606. The molecule has 2 rings (SSSR count). The molecule has 0 atom stereocenters. The van der Waals surface area contributed by atoms with Crippen molar-refractivity contribution < 1.29 is 4.79 Å². The zero-order chi connectivity index (χ0) is 15.4. The highest BCUT2D eigenvalue weighted by molar-refractivity contribution is 7.71. The topological polar surface area (TPSA) is 62.7 Å². The van der Waals surface area contributed by atoms with Gasteiger partial charge in [-0.3, -0.25) is 14.5 Å². The van der Waals surface area contributed by atoms with Crippen LogP contribution in [0.4, 0.5) is 0 Å². The van der Waals surface area contributed by atoms with Gasteiger partial charge in [0.25, 0.3) is 0 Å². The molecule has 0 bridgehead atoms. The molecule has 0 fully saturated rings. The average molecular weight is 304 g/mol. The van der Waals surface area contributed by atoms with E-state index < -0.39 is 0 Å². The van der Waals surface area contributed by atoms with Crippen LogP contribution in [0.15, 0.2) is 24.3 Å². The number of aryl methyl sites for hydroxylation is 1.